The summed E-state index contributed by atoms with van der Waals surface area (Å²) in [6.07, 6.45) is 4.82. The number of carbonyl (C=O) groups is 18. The van der Waals surface area contributed by atoms with E-state index in [1.54, 1.807) is 107 Å². The number of likely N-dealkylation sites (tertiary alicyclic amines) is 1. The Bertz CT molecular complexity index is 4680. The molecule has 2 heterocycles. The van der Waals surface area contributed by atoms with E-state index in [0.29, 0.717) is 55.8 Å². The highest BCUT2D eigenvalue weighted by Gasteiger charge is 2.41. The molecular formula is C98H142N12O28S3. The minimum absolute atomic E-state index is 0.00817. The lowest BCUT2D eigenvalue weighted by Crippen LogP contribution is -2.53. The minimum Gasteiger partial charge on any atom is -0.508 e. The van der Waals surface area contributed by atoms with Crippen LogP contribution in [0.25, 0.3) is 0 Å². The molecule has 0 spiro atoms. The number of ketones is 4. The smallest absolute Gasteiger partial charge is 0.407 e. The monoisotopic (exact) mass is 2030 g/mol. The molecule has 780 valence electrons. The molecule has 0 saturated carbocycles. The first-order valence-corrected chi connectivity index (χ1v) is 51.0. The summed E-state index contributed by atoms with van der Waals surface area (Å²) >= 11 is 1.11. The predicted octanol–water partition coefficient (Wildman–Crippen LogP) is 9.05. The molecule has 1 fully saturated rings. The van der Waals surface area contributed by atoms with Gasteiger partial charge >= 0.3 is 54.1 Å². The molecule has 1 aliphatic heterocycles. The number of nitrogens with zero attached hydrogens (tertiary/aromatic N) is 3. The van der Waals surface area contributed by atoms with Gasteiger partial charge in [-0.15, -0.1) is 11.3 Å². The molecule has 0 radical (unpaired) electrons. The number of phenols is 1. The lowest BCUT2D eigenvalue weighted by atomic mass is 9.82. The van der Waals surface area contributed by atoms with Crippen molar-refractivity contribution in [2.75, 3.05) is 64.6 Å². The zero-order valence-electron chi connectivity index (χ0n) is 82.1. The number of hydrogen-bond acceptors (Lipinski definition) is 30. The molecule has 1 saturated heterocycles. The molecular weight excluding hydrogens is 1890 g/mol. The molecule has 13 atom stereocenters. The summed E-state index contributed by atoms with van der Waals surface area (Å²) < 4.78 is 16.8. The van der Waals surface area contributed by atoms with Crippen molar-refractivity contribution in [3.05, 3.63) is 118 Å². The van der Waals surface area contributed by atoms with Crippen LogP contribution < -0.4 is 48.3 Å². The third kappa shape index (κ3) is 50.8. The molecule has 9 amide bonds. The zero-order chi connectivity index (χ0) is 105. The number of benzene rings is 3. The minimum atomic E-state index is -1.57. The third-order valence-electron chi connectivity index (χ3n) is 23.2. The number of unbranched alkanes of at least 4 members (excludes halogenated alkanes) is 4. The van der Waals surface area contributed by atoms with Crippen LogP contribution in [0.15, 0.2) is 90.3 Å². The summed E-state index contributed by atoms with van der Waals surface area (Å²) in [7, 11) is 5.20. The first-order chi connectivity index (χ1) is 67.0. The summed E-state index contributed by atoms with van der Waals surface area (Å²) in [5, 5.41) is 68.9. The molecule has 1 aliphatic rings. The van der Waals surface area contributed by atoms with E-state index in [2.05, 4.69) is 52.4 Å². The fraction of sp³-hybridized carbons (Fsp3) is 0.592. The summed E-state index contributed by atoms with van der Waals surface area (Å²) in [4.78, 5) is 254. The van der Waals surface area contributed by atoms with Crippen molar-refractivity contribution >= 4 is 146 Å². The van der Waals surface area contributed by atoms with Crippen molar-refractivity contribution < 1.29 is 136 Å². The van der Waals surface area contributed by atoms with E-state index in [1.165, 1.54) is 30.9 Å². The molecule has 0 bridgehead atoms. The largest absolute Gasteiger partial charge is 0.508 e. The Morgan fingerprint density at radius 3 is 1.84 bits per heavy atom. The highest BCUT2D eigenvalue weighted by atomic mass is 33.1. The second-order valence-electron chi connectivity index (χ2n) is 35.0. The van der Waals surface area contributed by atoms with Crippen molar-refractivity contribution in [2.45, 2.75) is 271 Å². The van der Waals surface area contributed by atoms with Gasteiger partial charge in [0.1, 0.15) is 35.1 Å². The van der Waals surface area contributed by atoms with Gasteiger partial charge in [-0.05, 0) is 125 Å². The number of carboxylic acids is 4. The summed E-state index contributed by atoms with van der Waals surface area (Å²) in [5.41, 5.74) is 8.36. The van der Waals surface area contributed by atoms with Gasteiger partial charge in [0.05, 0.1) is 37.0 Å². The van der Waals surface area contributed by atoms with Gasteiger partial charge < -0.3 is 92.9 Å². The quantitative estimate of drug-likeness (QED) is 0.00644. The number of nitrogens with one attached hydrogen (secondary N) is 8. The molecule has 1 aromatic heterocycles. The van der Waals surface area contributed by atoms with Crippen LogP contribution in [-0.2, 0) is 115 Å². The molecule has 1 unspecified atom stereocenters. The Morgan fingerprint density at radius 1 is 0.610 bits per heavy atom. The topological polar surface area (TPSA) is 612 Å². The number of rotatable bonds is 66. The van der Waals surface area contributed by atoms with Gasteiger partial charge in [-0.3, -0.25) is 76.8 Å². The molecule has 15 N–H and O–H groups in total. The summed E-state index contributed by atoms with van der Waals surface area (Å²) in [6.45, 7) is 16.2. The lowest BCUT2D eigenvalue weighted by Gasteiger charge is -2.39. The first kappa shape index (κ1) is 123. The Hall–Kier alpha value is -12.1. The van der Waals surface area contributed by atoms with Gasteiger partial charge in [0, 0.05) is 125 Å². The van der Waals surface area contributed by atoms with E-state index in [-0.39, 0.29) is 162 Å². The number of esters is 2. The number of carbonyl (C=O) groups excluding carboxylic acids is 16. The number of thiazole rings is 1. The van der Waals surface area contributed by atoms with Crippen LogP contribution in [0.4, 0.5) is 9.59 Å². The first-order valence-electron chi connectivity index (χ1n) is 47.6. The van der Waals surface area contributed by atoms with Gasteiger partial charge in [0.15, 0.2) is 36.0 Å². The molecule has 5 rings (SSSR count). The summed E-state index contributed by atoms with van der Waals surface area (Å²) in [6, 6.07) is 16.7. The van der Waals surface area contributed by atoms with Gasteiger partial charge in [-0.25, -0.2) is 19.4 Å². The van der Waals surface area contributed by atoms with Crippen LogP contribution in [-0.4, -0.2) is 260 Å². The van der Waals surface area contributed by atoms with Crippen molar-refractivity contribution in [2.24, 2.45) is 41.2 Å². The Balaban J connectivity index is 0.000000705. The number of nitrogens with two attached hydrogens (primary N) is 1. The lowest BCUT2D eigenvalue weighted by molar-refractivity contribution is -0.192. The number of ether oxygens (including phenoxy) is 3. The van der Waals surface area contributed by atoms with Gasteiger partial charge in [-0.2, -0.15) is 9.59 Å². The average Bonchev–Trinajstić information content (AvgIpc) is 1.77. The molecule has 3 aromatic carbocycles. The SMILES string of the molecule is CCCC(=O)OCN(C(=O)[C@@H](CC(=O)[C@H]1CCCCN1C)C(C)CC)[C@H](C[C@@H](OC(C)=O)c1nc(C(=O)N[C@@H](Cc2ccc(O)cc2)C[C@H](C)C(=O)CNC(=O)OCCSSCC)cs1)C(C)C.C[C@@H](CC(=O)[C@H](CC(=O)O)NC(=O)[C@@H](N)CNC(=O)[C@@H](CC(=O)[C@H](Cc1ccccc1)NC(=O)CCCCCCCNC(=O)CC[C@H](NC(=O)NCCCC(=O)O)C(=O)O)Cc1ccccc1)C(=O)O.O=C=O. The fourth-order valence-electron chi connectivity index (χ4n) is 15.2. The van der Waals surface area contributed by atoms with E-state index < -0.39 is 169 Å². The Morgan fingerprint density at radius 2 is 1.24 bits per heavy atom. The number of likely N-dealkylation sites (N-methyl/N-ethyl adjacent to an activating group) is 1. The number of aliphatic carboxylic acids is 4. The number of amides is 9. The number of phenolic OH excluding ortho intramolecular Hbond substituents is 1. The van der Waals surface area contributed by atoms with Crippen LogP contribution in [0.3, 0.4) is 0 Å². The van der Waals surface area contributed by atoms with Crippen LogP contribution in [0.1, 0.15) is 242 Å². The number of aromatic hydroxyl groups is 1. The van der Waals surface area contributed by atoms with E-state index in [0.717, 1.165) is 72.4 Å². The van der Waals surface area contributed by atoms with E-state index in [9.17, 15) is 102 Å². The highest BCUT2D eigenvalue weighted by molar-refractivity contribution is 8.76. The maximum absolute atomic E-state index is 14.9. The maximum atomic E-state index is 14.9. The van der Waals surface area contributed by atoms with E-state index in [4.69, 9.17) is 39.7 Å². The second kappa shape index (κ2) is 68.9. The molecule has 0 aliphatic carbocycles. The van der Waals surface area contributed by atoms with E-state index in [1.807, 2.05) is 48.6 Å². The number of piperidine rings is 1. The van der Waals surface area contributed by atoms with Crippen molar-refractivity contribution in [1.82, 2.24) is 57.3 Å². The number of hydrogen-bond donors (Lipinski definition) is 14. The summed E-state index contributed by atoms with van der Waals surface area (Å²) in [5.74, 6) is -13.0. The second-order valence-corrected chi connectivity index (χ2v) is 38.8. The third-order valence-corrected chi connectivity index (χ3v) is 26.6. The van der Waals surface area contributed by atoms with Crippen LogP contribution in [0.5, 0.6) is 5.75 Å². The highest BCUT2D eigenvalue weighted by Crippen LogP contribution is 2.35. The van der Waals surface area contributed by atoms with Crippen LogP contribution in [0.2, 0.25) is 0 Å². The number of Topliss-reactive ketones (excluding diaryl/α,β-unsaturated/α-hetero) is 4. The molecule has 40 nitrogen and oxygen atoms in total. The van der Waals surface area contributed by atoms with Crippen LogP contribution in [0, 0.1) is 35.5 Å². The molecule has 4 aromatic rings. The predicted molar refractivity (Wildman–Crippen MR) is 524 cm³/mol. The van der Waals surface area contributed by atoms with Crippen LogP contribution >= 0.6 is 32.9 Å². The maximum Gasteiger partial charge on any atom is 0.407 e. The standard InChI is InChI=1S/C49H75N5O11S3.C48H67N7O15.CO2/c1-10-15-45(59)64-30-54(48(61)38(32(6)11-2)26-42(57)40-16-13-14-21-53(40)9)41(31(4)5)27-44(65-34(8)55)47-52-39(29-66-47)46(60)51-36(25-35-17-19-37(56)20-18-35)24-33(7)43(58)28-50-49(62)63-22-23-68-67-12-3;1-30(46(66)67)24-38(56)37(28-43(62)63)54-45(65)34(49)29-52-44(64)33(25-31-14-7-5-8-15-31)27-39(57)36(26-32-16-9-6-10-17-32)53-41(59)18-11-3-2-4-12-22-50-40(58)21-20-35(47(68)69)55-48(70)51-23-13-19-42(60)61;2-1-3/h17-20,29,31-33,36,38,40-41,44,56H,10-16,21-28,30H2,1-9H3,(H,50,62)(H,51,60);5-10,14-17,30,33-37H,2-4,11-13,18-29,49H2,1H3,(H,50,58)(H,52,64)(H,53,59)(H,54,65)(H,60,61)(H,62,63)(H,66,67)(H,68,69)(H2,51,55,70);/t32?,33-,36+,38-,40+,41+,44+;30-,33+,34-,35-,36-,37-;/m00./s1. The van der Waals surface area contributed by atoms with Crippen molar-refractivity contribution in [3.63, 3.8) is 0 Å². The van der Waals surface area contributed by atoms with Crippen molar-refractivity contribution in [3.8, 4) is 5.75 Å². The molecule has 141 heavy (non-hydrogen) atoms. The number of carboxylic acid groups (broad SMARTS) is 4. The fourth-order valence-corrected chi connectivity index (χ4v) is 17.5. The van der Waals surface area contributed by atoms with Gasteiger partial charge in [0.2, 0.25) is 29.5 Å². The Kier molecular flexibility index (Phi) is 60.2. The van der Waals surface area contributed by atoms with Gasteiger partial charge in [-0.1, -0.05) is 182 Å². The zero-order valence-corrected chi connectivity index (χ0v) is 84.5. The van der Waals surface area contributed by atoms with E-state index >= 15 is 0 Å². The van der Waals surface area contributed by atoms with Gasteiger partial charge in [0.25, 0.3) is 5.91 Å². The molecule has 43 heteroatoms. The average molecular weight is 2030 g/mol. The normalized spacial score (nSPS) is 14.7. The number of urea groups is 1. The van der Waals surface area contributed by atoms with Crippen molar-refractivity contribution in [1.29, 1.82) is 0 Å². The number of aromatic nitrogens is 1. The number of alkyl carbamates (subject to hydrolysis) is 1. The Labute approximate surface area is 834 Å².